The van der Waals surface area contributed by atoms with Crippen LogP contribution in [-0.2, 0) is 17.7 Å². The van der Waals surface area contributed by atoms with Crippen LogP contribution in [0.25, 0.3) is 0 Å². The van der Waals surface area contributed by atoms with Crippen molar-refractivity contribution in [2.24, 2.45) is 0 Å². The lowest BCUT2D eigenvalue weighted by molar-refractivity contribution is -0.0345. The fraction of sp³-hybridized carbons (Fsp3) is 0.438. The summed E-state index contributed by atoms with van der Waals surface area (Å²) in [6, 6.07) is 10.7. The minimum Gasteiger partial charge on any atom is -0.376 e. The van der Waals surface area contributed by atoms with E-state index in [0.717, 1.165) is 39.1 Å². The van der Waals surface area contributed by atoms with E-state index in [0.29, 0.717) is 6.10 Å². The number of aromatic nitrogens is 1. The lowest BCUT2D eigenvalue weighted by atomic mass is 10.1. The molecular weight excluding hydrogens is 268 g/mol. The number of thiazole rings is 1. The van der Waals surface area contributed by atoms with Crippen LogP contribution in [0, 0.1) is 0 Å². The Morgan fingerprint density at radius 2 is 2.20 bits per heavy atom. The molecule has 0 spiro atoms. The maximum absolute atomic E-state index is 5.89. The van der Waals surface area contributed by atoms with Crippen LogP contribution in [0.15, 0.2) is 41.9 Å². The lowest BCUT2D eigenvalue weighted by Crippen LogP contribution is -2.42. The van der Waals surface area contributed by atoms with Gasteiger partial charge in [-0.2, -0.15) is 0 Å². The van der Waals surface area contributed by atoms with Crippen LogP contribution in [-0.4, -0.2) is 35.7 Å². The first-order chi connectivity index (χ1) is 9.90. The fourth-order valence-electron chi connectivity index (χ4n) is 2.59. The summed E-state index contributed by atoms with van der Waals surface area (Å²) in [7, 11) is 0. The van der Waals surface area contributed by atoms with Crippen LogP contribution in [0.4, 0.5) is 0 Å². The molecule has 4 heteroatoms. The Kier molecular flexibility index (Phi) is 4.79. The van der Waals surface area contributed by atoms with E-state index in [1.807, 2.05) is 11.6 Å². The van der Waals surface area contributed by atoms with E-state index in [1.54, 1.807) is 11.3 Å². The van der Waals surface area contributed by atoms with E-state index in [1.165, 1.54) is 10.6 Å². The number of hydrogen-bond donors (Lipinski definition) is 0. The molecule has 0 aliphatic carbocycles. The molecule has 0 unspecified atom stereocenters. The summed E-state index contributed by atoms with van der Waals surface area (Å²) in [5.41, 5.74) is 1.40. The van der Waals surface area contributed by atoms with Crippen LogP contribution in [0.3, 0.4) is 0 Å². The van der Waals surface area contributed by atoms with Gasteiger partial charge in [0, 0.05) is 24.7 Å². The largest absolute Gasteiger partial charge is 0.376 e. The Hall–Kier alpha value is -1.23. The highest BCUT2D eigenvalue weighted by Crippen LogP contribution is 2.15. The second kappa shape index (κ2) is 6.97. The Morgan fingerprint density at radius 1 is 1.30 bits per heavy atom. The van der Waals surface area contributed by atoms with Crippen molar-refractivity contribution in [2.75, 3.05) is 19.7 Å². The van der Waals surface area contributed by atoms with Gasteiger partial charge < -0.3 is 4.74 Å². The SMILES string of the molecule is c1ccc(CC[C@H]2CN(Cc3nccs3)CCO2)cc1. The van der Waals surface area contributed by atoms with Gasteiger partial charge in [0.05, 0.1) is 19.3 Å². The molecule has 0 saturated carbocycles. The highest BCUT2D eigenvalue weighted by atomic mass is 32.1. The molecule has 1 aromatic carbocycles. The second-order valence-electron chi connectivity index (χ2n) is 5.18. The Labute approximate surface area is 124 Å². The average molecular weight is 288 g/mol. The molecule has 1 aliphatic rings. The number of morpholine rings is 1. The van der Waals surface area contributed by atoms with E-state index in [-0.39, 0.29) is 0 Å². The topological polar surface area (TPSA) is 25.4 Å². The smallest absolute Gasteiger partial charge is 0.107 e. The average Bonchev–Trinajstić information content (AvgIpc) is 3.00. The first kappa shape index (κ1) is 13.7. The van der Waals surface area contributed by atoms with Crippen LogP contribution < -0.4 is 0 Å². The minimum atomic E-state index is 0.351. The van der Waals surface area contributed by atoms with Crippen molar-refractivity contribution >= 4 is 11.3 Å². The number of aryl methyl sites for hydroxylation is 1. The molecule has 2 heterocycles. The third-order valence-corrected chi connectivity index (χ3v) is 4.43. The Balaban J connectivity index is 1.48. The van der Waals surface area contributed by atoms with Gasteiger partial charge in [-0.15, -0.1) is 11.3 Å². The number of hydrogen-bond acceptors (Lipinski definition) is 4. The standard InChI is InChI=1S/C16H20N2OS/c1-2-4-14(5-3-1)6-7-15-12-18(9-10-19-15)13-16-17-8-11-20-16/h1-5,8,11,15H,6-7,9-10,12-13H2/t15-/m0/s1. The van der Waals surface area contributed by atoms with Crippen LogP contribution in [0.2, 0.25) is 0 Å². The summed E-state index contributed by atoms with van der Waals surface area (Å²) in [5, 5.41) is 3.25. The van der Waals surface area contributed by atoms with Gasteiger partial charge in [-0.05, 0) is 18.4 Å². The number of benzene rings is 1. The molecular formula is C16H20N2OS. The zero-order valence-corrected chi connectivity index (χ0v) is 12.4. The lowest BCUT2D eigenvalue weighted by Gasteiger charge is -2.32. The molecule has 3 rings (SSSR count). The maximum atomic E-state index is 5.89. The molecule has 106 valence electrons. The van der Waals surface area contributed by atoms with Gasteiger partial charge in [0.25, 0.3) is 0 Å². The first-order valence-corrected chi connectivity index (χ1v) is 8.04. The highest BCUT2D eigenvalue weighted by molar-refractivity contribution is 7.09. The van der Waals surface area contributed by atoms with Crippen molar-refractivity contribution in [1.29, 1.82) is 0 Å². The minimum absolute atomic E-state index is 0.351. The molecule has 0 radical (unpaired) electrons. The summed E-state index contributed by atoms with van der Waals surface area (Å²) >= 11 is 1.73. The zero-order chi connectivity index (χ0) is 13.6. The summed E-state index contributed by atoms with van der Waals surface area (Å²) < 4.78 is 5.89. The molecule has 1 aromatic heterocycles. The van der Waals surface area contributed by atoms with Gasteiger partial charge in [0.1, 0.15) is 5.01 Å². The molecule has 1 fully saturated rings. The van der Waals surface area contributed by atoms with E-state index >= 15 is 0 Å². The van der Waals surface area contributed by atoms with E-state index in [4.69, 9.17) is 4.74 Å². The molecule has 3 nitrogen and oxygen atoms in total. The Morgan fingerprint density at radius 3 is 3.00 bits per heavy atom. The van der Waals surface area contributed by atoms with E-state index < -0.39 is 0 Å². The van der Waals surface area contributed by atoms with E-state index in [9.17, 15) is 0 Å². The molecule has 0 N–H and O–H groups in total. The zero-order valence-electron chi connectivity index (χ0n) is 11.6. The quantitative estimate of drug-likeness (QED) is 0.846. The van der Waals surface area contributed by atoms with Crippen LogP contribution in [0.1, 0.15) is 17.0 Å². The summed E-state index contributed by atoms with van der Waals surface area (Å²) in [6.07, 6.45) is 4.42. The molecule has 1 saturated heterocycles. The number of rotatable bonds is 5. The predicted octanol–water partition coefficient (Wildman–Crippen LogP) is 2.98. The molecule has 20 heavy (non-hydrogen) atoms. The third-order valence-electron chi connectivity index (χ3n) is 3.66. The summed E-state index contributed by atoms with van der Waals surface area (Å²) in [6.45, 7) is 3.83. The second-order valence-corrected chi connectivity index (χ2v) is 6.16. The van der Waals surface area contributed by atoms with Crippen molar-refractivity contribution in [1.82, 2.24) is 9.88 Å². The highest BCUT2D eigenvalue weighted by Gasteiger charge is 2.20. The van der Waals surface area contributed by atoms with Crippen molar-refractivity contribution < 1.29 is 4.74 Å². The first-order valence-electron chi connectivity index (χ1n) is 7.16. The van der Waals surface area contributed by atoms with Gasteiger partial charge in [-0.25, -0.2) is 4.98 Å². The third kappa shape index (κ3) is 3.88. The van der Waals surface area contributed by atoms with Gasteiger partial charge in [0.15, 0.2) is 0 Å². The maximum Gasteiger partial charge on any atom is 0.107 e. The molecule has 0 bridgehead atoms. The van der Waals surface area contributed by atoms with Gasteiger partial charge in [0.2, 0.25) is 0 Å². The monoisotopic (exact) mass is 288 g/mol. The van der Waals surface area contributed by atoms with Crippen molar-refractivity contribution in [2.45, 2.75) is 25.5 Å². The van der Waals surface area contributed by atoms with Crippen LogP contribution >= 0.6 is 11.3 Å². The molecule has 1 atom stereocenters. The van der Waals surface area contributed by atoms with Gasteiger partial charge in [-0.3, -0.25) is 4.90 Å². The number of nitrogens with zero attached hydrogens (tertiary/aromatic N) is 2. The molecule has 2 aromatic rings. The van der Waals surface area contributed by atoms with Crippen molar-refractivity contribution in [3.8, 4) is 0 Å². The normalized spacial score (nSPS) is 20.1. The fourth-order valence-corrected chi connectivity index (χ4v) is 3.25. The van der Waals surface area contributed by atoms with E-state index in [2.05, 4.69) is 40.2 Å². The summed E-state index contributed by atoms with van der Waals surface area (Å²) in [4.78, 5) is 6.82. The summed E-state index contributed by atoms with van der Waals surface area (Å²) in [5.74, 6) is 0. The van der Waals surface area contributed by atoms with Gasteiger partial charge >= 0.3 is 0 Å². The number of ether oxygens (including phenoxy) is 1. The van der Waals surface area contributed by atoms with Gasteiger partial charge in [-0.1, -0.05) is 30.3 Å². The molecule has 1 aliphatic heterocycles. The molecule has 0 amide bonds. The predicted molar refractivity (Wildman–Crippen MR) is 81.9 cm³/mol. The van der Waals surface area contributed by atoms with Crippen molar-refractivity contribution in [3.63, 3.8) is 0 Å². The van der Waals surface area contributed by atoms with Crippen molar-refractivity contribution in [3.05, 3.63) is 52.5 Å². The van der Waals surface area contributed by atoms with Crippen LogP contribution in [0.5, 0.6) is 0 Å². The Bertz CT molecular complexity index is 500.